The van der Waals surface area contributed by atoms with Gasteiger partial charge < -0.3 is 9.14 Å². The van der Waals surface area contributed by atoms with Crippen molar-refractivity contribution in [3.8, 4) is 5.75 Å². The van der Waals surface area contributed by atoms with Crippen molar-refractivity contribution in [2.75, 3.05) is 6.54 Å². The lowest BCUT2D eigenvalue weighted by Crippen LogP contribution is -2.28. The molecule has 1 aliphatic rings. The van der Waals surface area contributed by atoms with Crippen molar-refractivity contribution in [2.45, 2.75) is 45.4 Å². The van der Waals surface area contributed by atoms with Gasteiger partial charge in [-0.3, -0.25) is 9.69 Å². The van der Waals surface area contributed by atoms with Crippen LogP contribution in [-0.4, -0.2) is 43.7 Å². The maximum Gasteiger partial charge on any atom is 0.228 e. The average Bonchev–Trinajstić information content (AvgIpc) is 3.29. The van der Waals surface area contributed by atoms with Crippen molar-refractivity contribution in [1.29, 1.82) is 0 Å². The van der Waals surface area contributed by atoms with E-state index in [9.17, 15) is 9.18 Å². The number of pyridine rings is 1. The number of likely N-dealkylation sites (tertiary alicyclic amines) is 1. The summed E-state index contributed by atoms with van der Waals surface area (Å²) in [5, 5.41) is 0.542. The molecule has 0 aromatic carbocycles. The minimum atomic E-state index is -0.463. The molecule has 0 radical (unpaired) electrons. The molecular formula is C19H21FN4O2S. The first-order valence-corrected chi connectivity index (χ1v) is 9.77. The molecule has 0 unspecified atom stereocenters. The predicted octanol–water partition coefficient (Wildman–Crippen LogP) is 3.10. The largest absolute Gasteiger partial charge is 0.485 e. The Bertz CT molecular complexity index is 970. The normalized spacial score (nSPS) is 20.4. The second-order valence-electron chi connectivity index (χ2n) is 6.98. The summed E-state index contributed by atoms with van der Waals surface area (Å²) in [4.78, 5) is 22.2. The molecule has 0 bridgehead atoms. The fourth-order valence-electron chi connectivity index (χ4n) is 3.49. The van der Waals surface area contributed by atoms with E-state index in [1.807, 2.05) is 28.9 Å². The van der Waals surface area contributed by atoms with E-state index >= 15 is 0 Å². The highest BCUT2D eigenvalue weighted by atomic mass is 32.1. The average molecular weight is 388 g/mol. The molecule has 8 heteroatoms. The van der Waals surface area contributed by atoms with Gasteiger partial charge in [-0.25, -0.2) is 9.97 Å². The SMILES string of the molecule is CC(=O)Cc1nc(F)c(CN2C[C@H](Oc3cccn4ccnc34)C[C@@H]2C)s1. The van der Waals surface area contributed by atoms with Gasteiger partial charge in [-0.15, -0.1) is 11.3 Å². The molecule has 4 rings (SSSR count). The Morgan fingerprint density at radius 3 is 3.11 bits per heavy atom. The third-order valence-corrected chi connectivity index (χ3v) is 5.80. The summed E-state index contributed by atoms with van der Waals surface area (Å²) in [5.74, 6) is 0.288. The minimum absolute atomic E-state index is 0.00790. The lowest BCUT2D eigenvalue weighted by Gasteiger charge is -2.19. The molecule has 1 saturated heterocycles. The Balaban J connectivity index is 1.43. The van der Waals surface area contributed by atoms with E-state index in [0.717, 1.165) is 17.8 Å². The summed E-state index contributed by atoms with van der Waals surface area (Å²) in [6.45, 7) is 4.80. The van der Waals surface area contributed by atoms with Gasteiger partial charge in [0.15, 0.2) is 11.4 Å². The number of hydrogen-bond donors (Lipinski definition) is 0. The Morgan fingerprint density at radius 1 is 1.44 bits per heavy atom. The van der Waals surface area contributed by atoms with E-state index in [-0.39, 0.29) is 24.3 Å². The van der Waals surface area contributed by atoms with Crippen LogP contribution < -0.4 is 4.74 Å². The lowest BCUT2D eigenvalue weighted by atomic mass is 10.2. The Labute approximate surface area is 160 Å². The predicted molar refractivity (Wildman–Crippen MR) is 101 cm³/mol. The highest BCUT2D eigenvalue weighted by Crippen LogP contribution is 2.28. The molecular weight excluding hydrogens is 367 g/mol. The first kappa shape index (κ1) is 18.1. The number of hydrogen-bond acceptors (Lipinski definition) is 6. The molecule has 4 heterocycles. The van der Waals surface area contributed by atoms with Crippen LogP contribution in [0.3, 0.4) is 0 Å². The molecule has 3 aromatic heterocycles. The second kappa shape index (κ2) is 7.36. The summed E-state index contributed by atoms with van der Waals surface area (Å²) in [7, 11) is 0. The van der Waals surface area contributed by atoms with Crippen LogP contribution in [0.1, 0.15) is 30.2 Å². The van der Waals surface area contributed by atoms with Gasteiger partial charge in [0, 0.05) is 44.1 Å². The highest BCUT2D eigenvalue weighted by molar-refractivity contribution is 7.11. The second-order valence-corrected chi connectivity index (χ2v) is 8.15. The van der Waals surface area contributed by atoms with E-state index < -0.39 is 5.95 Å². The van der Waals surface area contributed by atoms with Crippen molar-refractivity contribution in [3.63, 3.8) is 0 Å². The van der Waals surface area contributed by atoms with Gasteiger partial charge in [0.1, 0.15) is 16.9 Å². The van der Waals surface area contributed by atoms with Crippen LogP contribution in [0.4, 0.5) is 4.39 Å². The number of rotatable bonds is 6. The van der Waals surface area contributed by atoms with Crippen molar-refractivity contribution in [2.24, 2.45) is 0 Å². The van der Waals surface area contributed by atoms with Crippen LogP contribution in [-0.2, 0) is 17.8 Å². The van der Waals surface area contributed by atoms with Crippen LogP contribution in [0.15, 0.2) is 30.7 Å². The summed E-state index contributed by atoms with van der Waals surface area (Å²) in [5.41, 5.74) is 0.797. The van der Waals surface area contributed by atoms with Gasteiger partial charge in [-0.2, -0.15) is 4.39 Å². The Kier molecular flexibility index (Phi) is 4.92. The molecule has 1 aliphatic heterocycles. The number of carbonyl (C=O) groups excluding carboxylic acids is 1. The van der Waals surface area contributed by atoms with E-state index in [0.29, 0.717) is 23.0 Å². The zero-order chi connectivity index (χ0) is 19.0. The van der Waals surface area contributed by atoms with Gasteiger partial charge in [0.2, 0.25) is 5.95 Å². The number of Topliss-reactive ketones (excluding diaryl/α,β-unsaturated/α-hetero) is 1. The van der Waals surface area contributed by atoms with Crippen LogP contribution >= 0.6 is 11.3 Å². The van der Waals surface area contributed by atoms with Crippen LogP contribution in [0.5, 0.6) is 5.75 Å². The maximum atomic E-state index is 14.1. The number of nitrogens with zero attached hydrogens (tertiary/aromatic N) is 4. The van der Waals surface area contributed by atoms with Gasteiger partial charge in [-0.1, -0.05) is 0 Å². The van der Waals surface area contributed by atoms with Gasteiger partial charge in [0.05, 0.1) is 11.3 Å². The number of aromatic nitrogens is 3. The molecule has 0 spiro atoms. The molecule has 27 heavy (non-hydrogen) atoms. The smallest absolute Gasteiger partial charge is 0.228 e. The minimum Gasteiger partial charge on any atom is -0.485 e. The fraction of sp³-hybridized carbons (Fsp3) is 0.421. The Hall–Kier alpha value is -2.32. The standard InChI is InChI=1S/C19H21FN4O2S/c1-12-8-14(26-15-4-3-6-23-7-5-21-19(15)23)10-24(12)11-16-18(20)22-17(27-16)9-13(2)25/h3-7,12,14H,8-11H2,1-2H3/t12-,14+/m0/s1. The van der Waals surface area contributed by atoms with Crippen LogP contribution in [0.2, 0.25) is 0 Å². The van der Waals surface area contributed by atoms with Crippen molar-refractivity contribution in [1.82, 2.24) is 19.3 Å². The number of halogens is 1. The highest BCUT2D eigenvalue weighted by Gasteiger charge is 2.32. The first-order chi connectivity index (χ1) is 13.0. The summed E-state index contributed by atoms with van der Waals surface area (Å²) >= 11 is 1.28. The quantitative estimate of drug-likeness (QED) is 0.649. The summed E-state index contributed by atoms with van der Waals surface area (Å²) in [6.07, 6.45) is 6.65. The van der Waals surface area contributed by atoms with Gasteiger partial charge in [-0.05, 0) is 26.0 Å². The maximum absolute atomic E-state index is 14.1. The number of thiazole rings is 1. The molecule has 0 amide bonds. The summed E-state index contributed by atoms with van der Waals surface area (Å²) < 4.78 is 22.3. The topological polar surface area (TPSA) is 59.7 Å². The summed E-state index contributed by atoms with van der Waals surface area (Å²) in [6, 6.07) is 4.13. The number of ether oxygens (including phenoxy) is 1. The lowest BCUT2D eigenvalue weighted by molar-refractivity contribution is -0.116. The van der Waals surface area contributed by atoms with E-state index in [1.54, 1.807) is 6.20 Å². The van der Waals surface area contributed by atoms with E-state index in [4.69, 9.17) is 4.74 Å². The van der Waals surface area contributed by atoms with Crippen molar-refractivity contribution >= 4 is 22.8 Å². The zero-order valence-electron chi connectivity index (χ0n) is 15.3. The van der Waals surface area contributed by atoms with Crippen molar-refractivity contribution < 1.29 is 13.9 Å². The van der Waals surface area contributed by atoms with E-state index in [1.165, 1.54) is 18.3 Å². The van der Waals surface area contributed by atoms with E-state index in [2.05, 4.69) is 21.8 Å². The molecule has 0 N–H and O–H groups in total. The number of fused-ring (bicyclic) bond motifs is 1. The Morgan fingerprint density at radius 2 is 2.30 bits per heavy atom. The molecule has 142 valence electrons. The fourth-order valence-corrected chi connectivity index (χ4v) is 4.54. The van der Waals surface area contributed by atoms with Crippen LogP contribution in [0.25, 0.3) is 5.65 Å². The third-order valence-electron chi connectivity index (χ3n) is 4.78. The molecule has 3 aromatic rings. The zero-order valence-corrected chi connectivity index (χ0v) is 16.1. The van der Waals surface area contributed by atoms with Crippen LogP contribution in [0, 0.1) is 5.95 Å². The monoisotopic (exact) mass is 388 g/mol. The van der Waals surface area contributed by atoms with Gasteiger partial charge in [0.25, 0.3) is 0 Å². The number of imidazole rings is 1. The number of carbonyl (C=O) groups is 1. The first-order valence-electron chi connectivity index (χ1n) is 8.95. The third kappa shape index (κ3) is 3.86. The molecule has 0 saturated carbocycles. The van der Waals surface area contributed by atoms with Gasteiger partial charge >= 0.3 is 0 Å². The molecule has 2 atom stereocenters. The molecule has 1 fully saturated rings. The molecule has 6 nitrogen and oxygen atoms in total. The number of ketones is 1. The molecule has 0 aliphatic carbocycles. The van der Waals surface area contributed by atoms with Crippen molar-refractivity contribution in [3.05, 3.63) is 46.6 Å².